The van der Waals surface area contributed by atoms with Crippen LogP contribution in [0.2, 0.25) is 0 Å². The molecule has 146 valence electrons. The van der Waals surface area contributed by atoms with E-state index in [-0.39, 0.29) is 23.8 Å². The molecule has 2 amide bonds. The summed E-state index contributed by atoms with van der Waals surface area (Å²) in [7, 11) is 0. The molecule has 3 rings (SSSR count). The maximum Gasteiger partial charge on any atom is 0.271 e. The van der Waals surface area contributed by atoms with E-state index >= 15 is 0 Å². The molecule has 0 fully saturated rings. The molecule has 1 aliphatic heterocycles. The first-order chi connectivity index (χ1) is 13.3. The van der Waals surface area contributed by atoms with E-state index in [0.717, 1.165) is 11.1 Å². The van der Waals surface area contributed by atoms with E-state index in [1.165, 1.54) is 23.1 Å². The monoisotopic (exact) mass is 383 g/mol. The molecule has 1 heterocycles. The van der Waals surface area contributed by atoms with Gasteiger partial charge in [-0.05, 0) is 37.5 Å². The lowest BCUT2D eigenvalue weighted by molar-refractivity contribution is -0.384. The number of nitrogens with zero attached hydrogens (tertiary/aromatic N) is 2. The van der Waals surface area contributed by atoms with Crippen LogP contribution in [-0.4, -0.2) is 29.4 Å². The maximum atomic E-state index is 12.8. The van der Waals surface area contributed by atoms with E-state index in [4.69, 9.17) is 4.74 Å². The number of fused-ring (bicyclic) bond motifs is 1. The number of carbonyl (C=O) groups excluding carboxylic acids is 2. The van der Waals surface area contributed by atoms with E-state index in [0.29, 0.717) is 17.9 Å². The summed E-state index contributed by atoms with van der Waals surface area (Å²) < 4.78 is 5.65. The smallest absolute Gasteiger partial charge is 0.271 e. The van der Waals surface area contributed by atoms with E-state index in [1.807, 2.05) is 32.0 Å². The van der Waals surface area contributed by atoms with Gasteiger partial charge in [0.25, 0.3) is 11.6 Å². The van der Waals surface area contributed by atoms with Crippen molar-refractivity contribution in [2.24, 2.45) is 0 Å². The van der Waals surface area contributed by atoms with Crippen LogP contribution in [0.25, 0.3) is 0 Å². The van der Waals surface area contributed by atoms with Crippen LogP contribution in [0.3, 0.4) is 0 Å². The molecule has 0 bridgehead atoms. The Morgan fingerprint density at radius 2 is 1.93 bits per heavy atom. The summed E-state index contributed by atoms with van der Waals surface area (Å²) in [6.07, 6.45) is -0.313. The van der Waals surface area contributed by atoms with Gasteiger partial charge in [-0.3, -0.25) is 24.6 Å². The van der Waals surface area contributed by atoms with Crippen LogP contribution < -0.4 is 15.0 Å². The third-order valence-electron chi connectivity index (χ3n) is 4.67. The minimum atomic E-state index is -0.734. The SMILES string of the molecule is CCC1Oc2ccc([N+](=O)[O-])cc2N(CC(=O)Nc2c(C)cccc2C)C1=O. The topological polar surface area (TPSA) is 102 Å². The van der Waals surface area contributed by atoms with Crippen LogP contribution in [0, 0.1) is 24.0 Å². The lowest BCUT2D eigenvalue weighted by Gasteiger charge is -2.33. The van der Waals surface area contributed by atoms with Crippen molar-refractivity contribution in [1.82, 2.24) is 0 Å². The molecular weight excluding hydrogens is 362 g/mol. The van der Waals surface area contributed by atoms with Crippen LogP contribution in [0.1, 0.15) is 24.5 Å². The summed E-state index contributed by atoms with van der Waals surface area (Å²) in [5.74, 6) is -0.441. The average Bonchev–Trinajstić information content (AvgIpc) is 2.66. The number of nitro benzene ring substituents is 1. The van der Waals surface area contributed by atoms with Crippen LogP contribution in [-0.2, 0) is 9.59 Å². The first-order valence-electron chi connectivity index (χ1n) is 8.94. The highest BCUT2D eigenvalue weighted by Crippen LogP contribution is 2.37. The normalized spacial score (nSPS) is 15.6. The number of non-ortho nitro benzene ring substituents is 1. The van der Waals surface area contributed by atoms with Crippen molar-refractivity contribution in [3.63, 3.8) is 0 Å². The van der Waals surface area contributed by atoms with Crippen molar-refractivity contribution in [2.45, 2.75) is 33.3 Å². The van der Waals surface area contributed by atoms with E-state index in [9.17, 15) is 19.7 Å². The predicted molar refractivity (Wildman–Crippen MR) is 105 cm³/mol. The van der Waals surface area contributed by atoms with Gasteiger partial charge in [0.05, 0.1) is 10.6 Å². The highest BCUT2D eigenvalue weighted by Gasteiger charge is 2.35. The molecule has 0 saturated carbocycles. The molecule has 8 heteroatoms. The van der Waals surface area contributed by atoms with Gasteiger partial charge in [0.2, 0.25) is 5.91 Å². The molecule has 1 unspecified atom stereocenters. The summed E-state index contributed by atoms with van der Waals surface area (Å²) in [6.45, 7) is 5.30. The van der Waals surface area contributed by atoms with E-state index in [2.05, 4.69) is 5.32 Å². The number of carbonyl (C=O) groups is 2. The van der Waals surface area contributed by atoms with Crippen molar-refractivity contribution < 1.29 is 19.2 Å². The largest absolute Gasteiger partial charge is 0.478 e. The van der Waals surface area contributed by atoms with Crippen LogP contribution >= 0.6 is 0 Å². The van der Waals surface area contributed by atoms with Gasteiger partial charge in [-0.1, -0.05) is 25.1 Å². The lowest BCUT2D eigenvalue weighted by atomic mass is 10.1. The molecule has 0 radical (unpaired) electrons. The Balaban J connectivity index is 1.91. The number of ether oxygens (including phenoxy) is 1. The number of benzene rings is 2. The zero-order chi connectivity index (χ0) is 20.4. The second kappa shape index (κ2) is 7.67. The number of nitro groups is 1. The first-order valence-corrected chi connectivity index (χ1v) is 8.94. The Kier molecular flexibility index (Phi) is 5.30. The molecular formula is C20H21N3O5. The Morgan fingerprint density at radius 1 is 1.25 bits per heavy atom. The Morgan fingerprint density at radius 3 is 2.54 bits per heavy atom. The lowest BCUT2D eigenvalue weighted by Crippen LogP contribution is -2.48. The van der Waals surface area contributed by atoms with Gasteiger partial charge in [0.15, 0.2) is 6.10 Å². The number of para-hydroxylation sites is 1. The summed E-state index contributed by atoms with van der Waals surface area (Å²) in [6, 6.07) is 9.69. The Bertz CT molecular complexity index is 937. The second-order valence-electron chi connectivity index (χ2n) is 6.66. The molecule has 2 aromatic rings. The summed E-state index contributed by atoms with van der Waals surface area (Å²) in [5.41, 5.74) is 2.55. The molecule has 1 aliphatic rings. The number of amides is 2. The van der Waals surface area contributed by atoms with Crippen molar-refractivity contribution in [1.29, 1.82) is 0 Å². The molecule has 8 nitrogen and oxygen atoms in total. The van der Waals surface area contributed by atoms with Crippen molar-refractivity contribution >= 4 is 28.9 Å². The summed E-state index contributed by atoms with van der Waals surface area (Å²) in [5, 5.41) is 14.0. The van der Waals surface area contributed by atoms with Crippen molar-refractivity contribution in [3.05, 3.63) is 57.6 Å². The Hall–Kier alpha value is -3.42. The molecule has 0 aromatic heterocycles. The molecule has 1 atom stereocenters. The predicted octanol–water partition coefficient (Wildman–Crippen LogP) is 3.35. The van der Waals surface area contributed by atoms with Gasteiger partial charge in [-0.15, -0.1) is 0 Å². The maximum absolute atomic E-state index is 12.8. The fraction of sp³-hybridized carbons (Fsp3) is 0.300. The summed E-state index contributed by atoms with van der Waals surface area (Å²) in [4.78, 5) is 37.3. The molecule has 0 saturated heterocycles. The van der Waals surface area contributed by atoms with Crippen molar-refractivity contribution in [3.8, 4) is 5.75 Å². The minimum absolute atomic E-state index is 0.176. The van der Waals surface area contributed by atoms with Crippen LogP contribution in [0.5, 0.6) is 5.75 Å². The first kappa shape index (κ1) is 19.3. The van der Waals surface area contributed by atoms with E-state index in [1.54, 1.807) is 6.92 Å². The molecule has 0 spiro atoms. The Labute approximate surface area is 162 Å². The van der Waals surface area contributed by atoms with Gasteiger partial charge >= 0.3 is 0 Å². The van der Waals surface area contributed by atoms with Crippen LogP contribution in [0.15, 0.2) is 36.4 Å². The minimum Gasteiger partial charge on any atom is -0.478 e. The van der Waals surface area contributed by atoms with Crippen LogP contribution in [0.4, 0.5) is 17.1 Å². The number of aryl methyl sites for hydroxylation is 2. The van der Waals surface area contributed by atoms with Gasteiger partial charge in [0.1, 0.15) is 12.3 Å². The number of nitrogens with one attached hydrogen (secondary N) is 1. The van der Waals surface area contributed by atoms with E-state index < -0.39 is 16.9 Å². The highest BCUT2D eigenvalue weighted by atomic mass is 16.6. The fourth-order valence-corrected chi connectivity index (χ4v) is 3.18. The zero-order valence-electron chi connectivity index (χ0n) is 15.9. The van der Waals surface area contributed by atoms with Gasteiger partial charge in [-0.2, -0.15) is 0 Å². The number of hydrogen-bond acceptors (Lipinski definition) is 5. The van der Waals surface area contributed by atoms with Gasteiger partial charge < -0.3 is 10.1 Å². The third-order valence-corrected chi connectivity index (χ3v) is 4.67. The molecule has 1 N–H and O–H groups in total. The average molecular weight is 383 g/mol. The van der Waals surface area contributed by atoms with Gasteiger partial charge in [0, 0.05) is 17.8 Å². The quantitative estimate of drug-likeness (QED) is 0.630. The highest BCUT2D eigenvalue weighted by molar-refractivity contribution is 6.06. The number of rotatable bonds is 5. The van der Waals surface area contributed by atoms with Crippen molar-refractivity contribution in [2.75, 3.05) is 16.8 Å². The number of anilines is 2. The molecule has 0 aliphatic carbocycles. The third kappa shape index (κ3) is 3.66. The van der Waals surface area contributed by atoms with Gasteiger partial charge in [-0.25, -0.2) is 0 Å². The zero-order valence-corrected chi connectivity index (χ0v) is 15.9. The number of hydrogen-bond donors (Lipinski definition) is 1. The second-order valence-corrected chi connectivity index (χ2v) is 6.66. The standard InChI is InChI=1S/C20H21N3O5/c1-4-16-20(25)22(15-10-14(23(26)27)8-9-17(15)28-16)11-18(24)21-19-12(2)6-5-7-13(19)3/h5-10,16H,4,11H2,1-3H3,(H,21,24). The summed E-state index contributed by atoms with van der Waals surface area (Å²) >= 11 is 0. The molecule has 2 aromatic carbocycles. The molecule has 28 heavy (non-hydrogen) atoms. The fourth-order valence-electron chi connectivity index (χ4n) is 3.18.